The Labute approximate surface area is 174 Å². The Morgan fingerprint density at radius 2 is 1.00 bits per heavy atom. The van der Waals surface area contributed by atoms with Crippen LogP contribution in [0.1, 0.15) is 124 Å². The van der Waals surface area contributed by atoms with E-state index in [9.17, 15) is 9.59 Å². The molecule has 28 heavy (non-hydrogen) atoms. The Morgan fingerprint density at radius 3 is 1.43 bits per heavy atom. The van der Waals surface area contributed by atoms with Gasteiger partial charge in [-0.25, -0.2) is 0 Å². The van der Waals surface area contributed by atoms with Gasteiger partial charge in [0, 0.05) is 6.42 Å². The zero-order chi connectivity index (χ0) is 20.9. The quantitative estimate of drug-likeness (QED) is 0.164. The van der Waals surface area contributed by atoms with Gasteiger partial charge in [0.15, 0.2) is 0 Å². The number of rotatable bonds is 20. The van der Waals surface area contributed by atoms with E-state index in [1.54, 1.807) is 0 Å². The molecule has 0 saturated heterocycles. The number of carbonyl (C=O) groups excluding carboxylic acids is 2. The highest BCUT2D eigenvalue weighted by atomic mass is 16.5. The van der Waals surface area contributed by atoms with Gasteiger partial charge in [-0.05, 0) is 26.7 Å². The van der Waals surface area contributed by atoms with Crippen molar-refractivity contribution in [2.24, 2.45) is 5.92 Å². The van der Waals surface area contributed by atoms with E-state index in [-0.39, 0.29) is 17.9 Å². The number of esters is 2. The predicted octanol–water partition coefficient (Wildman–Crippen LogP) is 6.99. The van der Waals surface area contributed by atoms with Crippen LogP contribution in [0.15, 0.2) is 0 Å². The van der Waals surface area contributed by atoms with E-state index < -0.39 is 0 Å². The summed E-state index contributed by atoms with van der Waals surface area (Å²) in [7, 11) is 0. The van der Waals surface area contributed by atoms with E-state index in [1.807, 2.05) is 20.8 Å². The minimum Gasteiger partial charge on any atom is -0.466 e. The Bertz CT molecular complexity index is 368. The second kappa shape index (κ2) is 20.7. The molecule has 0 amide bonds. The maximum absolute atomic E-state index is 11.5. The first-order valence-corrected chi connectivity index (χ1v) is 11.9. The zero-order valence-electron chi connectivity index (χ0n) is 18.9. The molecular weight excluding hydrogens is 352 g/mol. The molecule has 4 heteroatoms. The van der Waals surface area contributed by atoms with Gasteiger partial charge in [0.1, 0.15) is 0 Å². The molecule has 4 nitrogen and oxygen atoms in total. The van der Waals surface area contributed by atoms with Crippen molar-refractivity contribution in [2.45, 2.75) is 124 Å². The van der Waals surface area contributed by atoms with Crippen LogP contribution in [-0.2, 0) is 19.1 Å². The summed E-state index contributed by atoms with van der Waals surface area (Å²) in [5.41, 5.74) is 0. The largest absolute Gasteiger partial charge is 0.466 e. The lowest BCUT2D eigenvalue weighted by Gasteiger charge is -2.09. The number of hydrogen-bond donors (Lipinski definition) is 0. The SMILES string of the molecule is CCOC(=O)CCCCCCCCCCCCCCCCC(C)C(=O)OCC. The molecule has 1 unspecified atom stereocenters. The maximum Gasteiger partial charge on any atom is 0.308 e. The van der Waals surface area contributed by atoms with Crippen LogP contribution in [0, 0.1) is 5.92 Å². The highest BCUT2D eigenvalue weighted by molar-refractivity contribution is 5.71. The van der Waals surface area contributed by atoms with Crippen LogP contribution in [0.25, 0.3) is 0 Å². The second-order valence-corrected chi connectivity index (χ2v) is 7.95. The van der Waals surface area contributed by atoms with Crippen molar-refractivity contribution in [3.05, 3.63) is 0 Å². The zero-order valence-corrected chi connectivity index (χ0v) is 18.9. The van der Waals surface area contributed by atoms with Crippen LogP contribution in [0.5, 0.6) is 0 Å². The van der Waals surface area contributed by atoms with Gasteiger partial charge >= 0.3 is 11.9 Å². The van der Waals surface area contributed by atoms with Gasteiger partial charge in [-0.15, -0.1) is 0 Å². The van der Waals surface area contributed by atoms with Crippen molar-refractivity contribution >= 4 is 11.9 Å². The summed E-state index contributed by atoms with van der Waals surface area (Å²) in [5.74, 6) is -0.0366. The third-order valence-electron chi connectivity index (χ3n) is 5.26. The summed E-state index contributed by atoms with van der Waals surface area (Å²) >= 11 is 0. The first-order valence-electron chi connectivity index (χ1n) is 11.9. The molecule has 0 aliphatic carbocycles. The van der Waals surface area contributed by atoms with Crippen LogP contribution in [0.3, 0.4) is 0 Å². The molecule has 0 N–H and O–H groups in total. The van der Waals surface area contributed by atoms with Gasteiger partial charge in [0.25, 0.3) is 0 Å². The van der Waals surface area contributed by atoms with Gasteiger partial charge in [0.2, 0.25) is 0 Å². The lowest BCUT2D eigenvalue weighted by molar-refractivity contribution is -0.147. The van der Waals surface area contributed by atoms with Crippen LogP contribution < -0.4 is 0 Å². The molecule has 0 fully saturated rings. The Morgan fingerprint density at radius 1 is 0.607 bits per heavy atom. The molecule has 1 atom stereocenters. The lowest BCUT2D eigenvalue weighted by Crippen LogP contribution is -2.14. The summed E-state index contributed by atoms with van der Waals surface area (Å²) in [6, 6.07) is 0. The molecule has 0 heterocycles. The van der Waals surface area contributed by atoms with Crippen LogP contribution in [-0.4, -0.2) is 25.2 Å². The molecule has 0 bridgehead atoms. The van der Waals surface area contributed by atoms with Crippen molar-refractivity contribution in [3.63, 3.8) is 0 Å². The van der Waals surface area contributed by atoms with Crippen LogP contribution >= 0.6 is 0 Å². The molecular formula is C24H46O4. The smallest absolute Gasteiger partial charge is 0.308 e. The third-order valence-corrected chi connectivity index (χ3v) is 5.26. The minimum atomic E-state index is -0.0475. The van der Waals surface area contributed by atoms with E-state index in [4.69, 9.17) is 9.47 Å². The van der Waals surface area contributed by atoms with Gasteiger partial charge in [-0.3, -0.25) is 9.59 Å². The van der Waals surface area contributed by atoms with E-state index in [2.05, 4.69) is 0 Å². The van der Waals surface area contributed by atoms with E-state index in [1.165, 1.54) is 70.6 Å². The Kier molecular flexibility index (Phi) is 19.9. The monoisotopic (exact) mass is 398 g/mol. The first-order chi connectivity index (χ1) is 13.6. The highest BCUT2D eigenvalue weighted by Gasteiger charge is 2.12. The van der Waals surface area contributed by atoms with Crippen molar-refractivity contribution in [3.8, 4) is 0 Å². The number of hydrogen-bond acceptors (Lipinski definition) is 4. The fourth-order valence-electron chi connectivity index (χ4n) is 3.48. The average molecular weight is 399 g/mol. The van der Waals surface area contributed by atoms with Crippen molar-refractivity contribution in [1.82, 2.24) is 0 Å². The maximum atomic E-state index is 11.5. The van der Waals surface area contributed by atoms with Crippen LogP contribution in [0.4, 0.5) is 0 Å². The predicted molar refractivity (Wildman–Crippen MR) is 116 cm³/mol. The molecule has 166 valence electrons. The molecule has 0 spiro atoms. The Hall–Kier alpha value is -1.06. The van der Waals surface area contributed by atoms with E-state index in [0.717, 1.165) is 25.7 Å². The van der Waals surface area contributed by atoms with Gasteiger partial charge in [-0.1, -0.05) is 90.4 Å². The van der Waals surface area contributed by atoms with Gasteiger partial charge < -0.3 is 9.47 Å². The normalized spacial score (nSPS) is 12.0. The summed E-state index contributed by atoms with van der Waals surface area (Å²) in [5, 5.41) is 0. The van der Waals surface area contributed by atoms with E-state index in [0.29, 0.717) is 19.6 Å². The van der Waals surface area contributed by atoms with Crippen molar-refractivity contribution < 1.29 is 19.1 Å². The lowest BCUT2D eigenvalue weighted by atomic mass is 10.0. The number of ether oxygens (including phenoxy) is 2. The average Bonchev–Trinajstić information content (AvgIpc) is 2.67. The summed E-state index contributed by atoms with van der Waals surface area (Å²) < 4.78 is 9.97. The summed E-state index contributed by atoms with van der Waals surface area (Å²) in [6.07, 6.45) is 19.3. The van der Waals surface area contributed by atoms with Crippen LogP contribution in [0.2, 0.25) is 0 Å². The molecule has 0 aromatic heterocycles. The summed E-state index contributed by atoms with van der Waals surface area (Å²) in [4.78, 5) is 22.7. The number of carbonyl (C=O) groups is 2. The number of unbranched alkanes of at least 4 members (excludes halogenated alkanes) is 13. The van der Waals surface area contributed by atoms with E-state index >= 15 is 0 Å². The molecule has 0 aromatic rings. The topological polar surface area (TPSA) is 52.6 Å². The van der Waals surface area contributed by atoms with Crippen molar-refractivity contribution in [2.75, 3.05) is 13.2 Å². The fraction of sp³-hybridized carbons (Fsp3) is 0.917. The summed E-state index contributed by atoms with van der Waals surface area (Å²) in [6.45, 7) is 6.67. The molecule has 0 saturated carbocycles. The first kappa shape index (κ1) is 26.9. The third kappa shape index (κ3) is 18.3. The second-order valence-electron chi connectivity index (χ2n) is 7.95. The molecule has 0 aromatic carbocycles. The molecule has 0 aliphatic heterocycles. The minimum absolute atomic E-state index is 0.0424. The van der Waals surface area contributed by atoms with Gasteiger partial charge in [-0.2, -0.15) is 0 Å². The highest BCUT2D eigenvalue weighted by Crippen LogP contribution is 2.15. The molecule has 0 radical (unpaired) electrons. The Balaban J connectivity index is 3.18. The fourth-order valence-corrected chi connectivity index (χ4v) is 3.48. The van der Waals surface area contributed by atoms with Crippen molar-refractivity contribution in [1.29, 1.82) is 0 Å². The standard InChI is InChI=1S/C24H46O4/c1-4-27-23(25)21-19-17-15-13-11-9-7-6-8-10-12-14-16-18-20-22(3)24(26)28-5-2/h22H,4-21H2,1-3H3. The van der Waals surface area contributed by atoms with Gasteiger partial charge in [0.05, 0.1) is 19.1 Å². The molecule has 0 rings (SSSR count). The molecule has 0 aliphatic rings.